The third kappa shape index (κ3) is 3.91. The fourth-order valence-electron chi connectivity index (χ4n) is 1.86. The number of thiophene rings is 1. The minimum Gasteiger partial charge on any atom is -0.316 e. The van der Waals surface area contributed by atoms with Crippen molar-refractivity contribution in [3.05, 3.63) is 52.0 Å². The van der Waals surface area contributed by atoms with Gasteiger partial charge in [-0.15, -0.1) is 11.3 Å². The van der Waals surface area contributed by atoms with Crippen molar-refractivity contribution in [1.29, 1.82) is 0 Å². The molecule has 2 aromatic rings. The van der Waals surface area contributed by atoms with Gasteiger partial charge in [-0.25, -0.2) is 0 Å². The topological polar surface area (TPSA) is 28.2 Å². The number of hydrogen-bond donors (Lipinski definition) is 1. The molecule has 0 unspecified atom stereocenters. The quantitative estimate of drug-likeness (QED) is 0.866. The zero-order chi connectivity index (χ0) is 12.8. The highest BCUT2D eigenvalue weighted by molar-refractivity contribution is 7.09. The molecule has 0 amide bonds. The molecule has 3 nitrogen and oxygen atoms in total. The maximum atomic E-state index is 4.49. The predicted molar refractivity (Wildman–Crippen MR) is 76.5 cm³/mol. The highest BCUT2D eigenvalue weighted by Crippen LogP contribution is 2.12. The van der Waals surface area contributed by atoms with Crippen molar-refractivity contribution in [2.75, 3.05) is 14.1 Å². The Morgan fingerprint density at radius 2 is 2.17 bits per heavy atom. The Bertz CT molecular complexity index is 450. The smallest absolute Gasteiger partial charge is 0.0544 e. The molecule has 2 heterocycles. The number of nitrogens with zero attached hydrogens (tertiary/aromatic N) is 2. The van der Waals surface area contributed by atoms with E-state index in [-0.39, 0.29) is 0 Å². The molecule has 0 aliphatic carbocycles. The summed E-state index contributed by atoms with van der Waals surface area (Å²) in [5.74, 6) is 0. The van der Waals surface area contributed by atoms with Gasteiger partial charge in [0, 0.05) is 30.7 Å². The van der Waals surface area contributed by atoms with E-state index < -0.39 is 0 Å². The third-order valence-electron chi connectivity index (χ3n) is 2.70. The first-order valence-corrected chi connectivity index (χ1v) is 6.95. The molecule has 2 aromatic heterocycles. The number of aromatic nitrogens is 1. The largest absolute Gasteiger partial charge is 0.316 e. The summed E-state index contributed by atoms with van der Waals surface area (Å²) >= 11 is 1.80. The van der Waals surface area contributed by atoms with Gasteiger partial charge in [-0.2, -0.15) is 0 Å². The molecule has 0 aromatic carbocycles. The fraction of sp³-hybridized carbons (Fsp3) is 0.357. The second kappa shape index (κ2) is 6.64. The van der Waals surface area contributed by atoms with Gasteiger partial charge in [-0.05, 0) is 37.2 Å². The first kappa shape index (κ1) is 13.2. The number of hydrogen-bond acceptors (Lipinski definition) is 4. The Morgan fingerprint density at radius 1 is 1.28 bits per heavy atom. The van der Waals surface area contributed by atoms with Crippen LogP contribution in [0.15, 0.2) is 35.8 Å². The number of rotatable bonds is 6. The van der Waals surface area contributed by atoms with E-state index in [2.05, 4.69) is 51.9 Å². The average Bonchev–Trinajstić information content (AvgIpc) is 2.84. The summed E-state index contributed by atoms with van der Waals surface area (Å²) < 4.78 is 0. The Hall–Kier alpha value is -1.23. The Kier molecular flexibility index (Phi) is 4.87. The number of pyridine rings is 1. The molecule has 1 N–H and O–H groups in total. The summed E-state index contributed by atoms with van der Waals surface area (Å²) in [6.07, 6.45) is 1.95. The molecule has 0 spiro atoms. The molecular weight excluding hydrogens is 242 g/mol. The first-order valence-electron chi connectivity index (χ1n) is 6.07. The molecule has 18 heavy (non-hydrogen) atoms. The summed E-state index contributed by atoms with van der Waals surface area (Å²) in [6, 6.07) is 8.51. The highest BCUT2D eigenvalue weighted by atomic mass is 32.1. The normalized spacial score (nSPS) is 11.1. The minimum atomic E-state index is 0.873. The van der Waals surface area contributed by atoms with Crippen molar-refractivity contribution in [1.82, 2.24) is 15.2 Å². The Balaban J connectivity index is 1.88. The van der Waals surface area contributed by atoms with E-state index >= 15 is 0 Å². The molecule has 96 valence electrons. The molecule has 0 fully saturated rings. The SMILES string of the molecule is CNCc1ccc(CN(C)Cc2cccs2)nc1. The standard InChI is InChI=1S/C14H19N3S/c1-15-8-12-5-6-13(16-9-12)10-17(2)11-14-4-3-7-18-14/h3-7,9,15H,8,10-11H2,1-2H3. The monoisotopic (exact) mass is 261 g/mol. The van der Waals surface area contributed by atoms with Gasteiger partial charge in [0.1, 0.15) is 0 Å². The van der Waals surface area contributed by atoms with Crippen LogP contribution < -0.4 is 5.32 Å². The second-order valence-electron chi connectivity index (χ2n) is 4.44. The first-order chi connectivity index (χ1) is 8.78. The fourth-order valence-corrected chi connectivity index (χ4v) is 2.64. The molecule has 0 aliphatic rings. The summed E-state index contributed by atoms with van der Waals surface area (Å²) in [7, 11) is 4.08. The van der Waals surface area contributed by atoms with Crippen LogP contribution in [0.2, 0.25) is 0 Å². The van der Waals surface area contributed by atoms with E-state index in [0.717, 1.165) is 25.3 Å². The maximum absolute atomic E-state index is 4.49. The van der Waals surface area contributed by atoms with Crippen molar-refractivity contribution < 1.29 is 0 Å². The summed E-state index contributed by atoms with van der Waals surface area (Å²) in [6.45, 7) is 2.74. The van der Waals surface area contributed by atoms with E-state index in [1.807, 2.05) is 13.2 Å². The van der Waals surface area contributed by atoms with E-state index in [9.17, 15) is 0 Å². The van der Waals surface area contributed by atoms with Crippen molar-refractivity contribution in [2.24, 2.45) is 0 Å². The van der Waals surface area contributed by atoms with Crippen LogP contribution in [0, 0.1) is 0 Å². The average molecular weight is 261 g/mol. The molecule has 4 heteroatoms. The van der Waals surface area contributed by atoms with E-state index in [4.69, 9.17) is 0 Å². The zero-order valence-corrected chi connectivity index (χ0v) is 11.7. The molecule has 2 rings (SSSR count). The predicted octanol–water partition coefficient (Wildman–Crippen LogP) is 2.49. The molecule has 0 aliphatic heterocycles. The molecule has 0 atom stereocenters. The summed E-state index contributed by atoms with van der Waals surface area (Å²) in [5, 5.41) is 5.24. The Labute approximate surface area is 112 Å². The number of nitrogens with one attached hydrogen (secondary N) is 1. The van der Waals surface area contributed by atoms with Crippen LogP contribution in [0.4, 0.5) is 0 Å². The molecule has 0 saturated carbocycles. The van der Waals surface area contributed by atoms with Gasteiger partial charge < -0.3 is 5.32 Å². The lowest BCUT2D eigenvalue weighted by molar-refractivity contribution is 0.318. The highest BCUT2D eigenvalue weighted by Gasteiger charge is 2.03. The maximum Gasteiger partial charge on any atom is 0.0544 e. The molecule has 0 bridgehead atoms. The molecule has 0 radical (unpaired) electrons. The Morgan fingerprint density at radius 3 is 2.78 bits per heavy atom. The van der Waals surface area contributed by atoms with Crippen molar-refractivity contribution in [2.45, 2.75) is 19.6 Å². The lowest BCUT2D eigenvalue weighted by atomic mass is 10.2. The lowest BCUT2D eigenvalue weighted by Crippen LogP contribution is -2.17. The second-order valence-corrected chi connectivity index (χ2v) is 5.47. The summed E-state index contributed by atoms with van der Waals surface area (Å²) in [5.41, 5.74) is 2.34. The third-order valence-corrected chi connectivity index (χ3v) is 3.57. The van der Waals surface area contributed by atoms with Crippen LogP contribution in [0.3, 0.4) is 0 Å². The minimum absolute atomic E-state index is 0.873. The molecule has 0 saturated heterocycles. The zero-order valence-electron chi connectivity index (χ0n) is 10.9. The van der Waals surface area contributed by atoms with E-state index in [0.29, 0.717) is 0 Å². The van der Waals surface area contributed by atoms with Crippen LogP contribution in [0.1, 0.15) is 16.1 Å². The summed E-state index contributed by atoms with van der Waals surface area (Å²) in [4.78, 5) is 8.16. The van der Waals surface area contributed by atoms with Gasteiger partial charge >= 0.3 is 0 Å². The van der Waals surface area contributed by atoms with Gasteiger partial charge in [0.05, 0.1) is 5.69 Å². The molecular formula is C14H19N3S. The van der Waals surface area contributed by atoms with Crippen molar-refractivity contribution >= 4 is 11.3 Å². The van der Waals surface area contributed by atoms with Gasteiger partial charge in [0.2, 0.25) is 0 Å². The van der Waals surface area contributed by atoms with Gasteiger partial charge in [0.15, 0.2) is 0 Å². The van der Waals surface area contributed by atoms with Crippen LogP contribution >= 0.6 is 11.3 Å². The van der Waals surface area contributed by atoms with Crippen molar-refractivity contribution in [3.8, 4) is 0 Å². The van der Waals surface area contributed by atoms with E-state index in [1.165, 1.54) is 10.4 Å². The van der Waals surface area contributed by atoms with Gasteiger partial charge in [0.25, 0.3) is 0 Å². The van der Waals surface area contributed by atoms with Crippen LogP contribution in [-0.4, -0.2) is 24.0 Å². The lowest BCUT2D eigenvalue weighted by Gasteiger charge is -2.15. The van der Waals surface area contributed by atoms with Crippen LogP contribution in [0.5, 0.6) is 0 Å². The van der Waals surface area contributed by atoms with Crippen LogP contribution in [-0.2, 0) is 19.6 Å². The van der Waals surface area contributed by atoms with Crippen molar-refractivity contribution in [3.63, 3.8) is 0 Å². The van der Waals surface area contributed by atoms with Crippen LogP contribution in [0.25, 0.3) is 0 Å². The van der Waals surface area contributed by atoms with Gasteiger partial charge in [-0.3, -0.25) is 9.88 Å². The van der Waals surface area contributed by atoms with Gasteiger partial charge in [-0.1, -0.05) is 12.1 Å². The van der Waals surface area contributed by atoms with E-state index in [1.54, 1.807) is 11.3 Å².